The molecular weight excluding hydrogens is 231 g/mol. The summed E-state index contributed by atoms with van der Waals surface area (Å²) in [5, 5.41) is 16.6. The van der Waals surface area contributed by atoms with Crippen LogP contribution in [0.3, 0.4) is 0 Å². The van der Waals surface area contributed by atoms with Gasteiger partial charge in [-0.25, -0.2) is 4.39 Å². The monoisotopic (exact) mass is 242 g/mol. The van der Waals surface area contributed by atoms with Gasteiger partial charge in [0.05, 0.1) is 11.8 Å². The fraction of sp³-hybridized carbons (Fsp3) is 0.154. The van der Waals surface area contributed by atoms with Crippen molar-refractivity contribution in [2.24, 2.45) is 0 Å². The van der Waals surface area contributed by atoms with Crippen molar-refractivity contribution in [2.75, 3.05) is 18.5 Å². The van der Waals surface area contributed by atoms with Gasteiger partial charge in [0.15, 0.2) is 5.82 Å². The van der Waals surface area contributed by atoms with Crippen molar-refractivity contribution < 1.29 is 4.39 Å². The Bertz CT molecular complexity index is 574. The van der Waals surface area contributed by atoms with Crippen LogP contribution in [0.15, 0.2) is 36.4 Å². The first-order chi connectivity index (χ1) is 8.70. The summed E-state index contributed by atoms with van der Waals surface area (Å²) in [6, 6.07) is 11.7. The first-order valence-corrected chi connectivity index (χ1v) is 5.38. The second-order valence-corrected chi connectivity index (χ2v) is 3.80. The first-order valence-electron chi connectivity index (χ1n) is 5.38. The number of hydrogen-bond donors (Lipinski definition) is 0. The van der Waals surface area contributed by atoms with Gasteiger partial charge in [-0.3, -0.25) is 0 Å². The van der Waals surface area contributed by atoms with Crippen LogP contribution in [0.1, 0.15) is 0 Å². The zero-order valence-corrected chi connectivity index (χ0v) is 9.84. The van der Waals surface area contributed by atoms with Gasteiger partial charge >= 0.3 is 0 Å². The molecule has 90 valence electrons. The Morgan fingerprint density at radius 2 is 2.11 bits per heavy atom. The largest absolute Gasteiger partial charge is 0.345 e. The van der Waals surface area contributed by atoms with Crippen molar-refractivity contribution in [2.45, 2.75) is 0 Å². The van der Waals surface area contributed by atoms with Crippen LogP contribution >= 0.6 is 0 Å². The Labute approximate surface area is 104 Å². The maximum absolute atomic E-state index is 13.1. The van der Waals surface area contributed by atoms with E-state index in [4.69, 9.17) is 5.26 Å². The van der Waals surface area contributed by atoms with Crippen LogP contribution < -0.4 is 4.90 Å². The number of aromatic nitrogens is 2. The number of halogens is 1. The molecule has 1 aromatic carbocycles. The summed E-state index contributed by atoms with van der Waals surface area (Å²) >= 11 is 0. The van der Waals surface area contributed by atoms with Gasteiger partial charge in [0, 0.05) is 12.6 Å². The van der Waals surface area contributed by atoms with E-state index in [1.165, 1.54) is 12.1 Å². The molecule has 0 atom stereocenters. The summed E-state index contributed by atoms with van der Waals surface area (Å²) in [5.74, 6) is 0.302. The number of hydrogen-bond acceptors (Lipinski definition) is 4. The number of benzene rings is 1. The lowest BCUT2D eigenvalue weighted by Gasteiger charge is -2.12. The molecule has 0 aliphatic heterocycles. The van der Waals surface area contributed by atoms with Gasteiger partial charge in [-0.1, -0.05) is 12.1 Å². The zero-order valence-electron chi connectivity index (χ0n) is 9.84. The molecule has 2 aromatic rings. The minimum absolute atomic E-state index is 0.244. The van der Waals surface area contributed by atoms with Gasteiger partial charge in [-0.2, -0.15) is 5.26 Å². The molecule has 0 saturated heterocycles. The van der Waals surface area contributed by atoms with Crippen LogP contribution in [0.25, 0.3) is 11.3 Å². The molecule has 0 unspecified atom stereocenters. The molecule has 0 radical (unpaired) electrons. The highest BCUT2D eigenvalue weighted by Gasteiger charge is 2.05. The normalized spacial score (nSPS) is 9.83. The molecule has 1 aromatic heterocycles. The van der Waals surface area contributed by atoms with Crippen LogP contribution in [0.5, 0.6) is 0 Å². The first kappa shape index (κ1) is 12.0. The van der Waals surface area contributed by atoms with Gasteiger partial charge in [-0.15, -0.1) is 10.2 Å². The lowest BCUT2D eigenvalue weighted by atomic mass is 10.1. The molecule has 1 heterocycles. The second kappa shape index (κ2) is 5.23. The van der Waals surface area contributed by atoms with E-state index < -0.39 is 0 Å². The van der Waals surface area contributed by atoms with E-state index in [0.29, 0.717) is 17.1 Å². The predicted molar refractivity (Wildman–Crippen MR) is 66.3 cm³/mol. The summed E-state index contributed by atoms with van der Waals surface area (Å²) in [7, 11) is 1.76. The summed E-state index contributed by atoms with van der Waals surface area (Å²) in [6.45, 7) is 0.244. The molecule has 4 nitrogen and oxygen atoms in total. The number of nitriles is 1. The molecule has 0 aliphatic carbocycles. The standard InChI is InChI=1S/C13H11FN4/c1-18(8-7-15)13-6-5-12(16-17-13)10-3-2-4-11(14)9-10/h2-6,9H,8H2,1H3. The Balaban J connectivity index is 2.25. The quantitative estimate of drug-likeness (QED) is 0.774. The van der Waals surface area contributed by atoms with Crippen molar-refractivity contribution in [1.82, 2.24) is 10.2 Å². The van der Waals surface area contributed by atoms with Crippen LogP contribution in [-0.2, 0) is 0 Å². The fourth-order valence-electron chi connectivity index (χ4n) is 1.52. The Morgan fingerprint density at radius 3 is 2.72 bits per heavy atom. The molecular formula is C13H11FN4. The van der Waals surface area contributed by atoms with E-state index in [2.05, 4.69) is 10.2 Å². The SMILES string of the molecule is CN(CC#N)c1ccc(-c2cccc(F)c2)nn1. The highest BCUT2D eigenvalue weighted by atomic mass is 19.1. The van der Waals surface area contributed by atoms with E-state index in [1.54, 1.807) is 36.2 Å². The van der Waals surface area contributed by atoms with Gasteiger partial charge < -0.3 is 4.90 Å². The number of nitrogens with zero attached hydrogens (tertiary/aromatic N) is 4. The third kappa shape index (κ3) is 2.61. The van der Waals surface area contributed by atoms with Crippen LogP contribution in [0, 0.1) is 17.1 Å². The number of rotatable bonds is 3. The minimum atomic E-state index is -0.306. The third-order valence-corrected chi connectivity index (χ3v) is 2.47. The molecule has 0 saturated carbocycles. The maximum atomic E-state index is 13.1. The van der Waals surface area contributed by atoms with Crippen LogP contribution in [-0.4, -0.2) is 23.8 Å². The van der Waals surface area contributed by atoms with Crippen molar-refractivity contribution in [3.05, 3.63) is 42.2 Å². The van der Waals surface area contributed by atoms with E-state index in [1.807, 2.05) is 6.07 Å². The Hall–Kier alpha value is -2.48. The molecule has 2 rings (SSSR count). The molecule has 0 aliphatic rings. The molecule has 0 fully saturated rings. The van der Waals surface area contributed by atoms with E-state index in [0.717, 1.165) is 0 Å². The summed E-state index contributed by atoms with van der Waals surface area (Å²) < 4.78 is 13.1. The van der Waals surface area contributed by atoms with Gasteiger partial charge in [0.1, 0.15) is 12.4 Å². The summed E-state index contributed by atoms with van der Waals surface area (Å²) in [6.07, 6.45) is 0. The average Bonchev–Trinajstić information content (AvgIpc) is 2.39. The van der Waals surface area contributed by atoms with E-state index >= 15 is 0 Å². The van der Waals surface area contributed by atoms with E-state index in [9.17, 15) is 4.39 Å². The average molecular weight is 242 g/mol. The molecule has 18 heavy (non-hydrogen) atoms. The predicted octanol–water partition coefficient (Wildman–Crippen LogP) is 2.24. The maximum Gasteiger partial charge on any atom is 0.151 e. The lowest BCUT2D eigenvalue weighted by molar-refractivity contribution is 0.628. The molecule has 0 amide bonds. The zero-order chi connectivity index (χ0) is 13.0. The molecule has 5 heteroatoms. The topological polar surface area (TPSA) is 52.8 Å². The van der Waals surface area contributed by atoms with Gasteiger partial charge in [0.2, 0.25) is 0 Å². The second-order valence-electron chi connectivity index (χ2n) is 3.80. The molecule has 0 bridgehead atoms. The Morgan fingerprint density at radius 1 is 1.28 bits per heavy atom. The third-order valence-electron chi connectivity index (χ3n) is 2.47. The van der Waals surface area contributed by atoms with Gasteiger partial charge in [0.25, 0.3) is 0 Å². The Kier molecular flexibility index (Phi) is 3.49. The van der Waals surface area contributed by atoms with Gasteiger partial charge in [-0.05, 0) is 24.3 Å². The summed E-state index contributed by atoms with van der Waals surface area (Å²) in [4.78, 5) is 1.68. The minimum Gasteiger partial charge on any atom is -0.345 e. The van der Waals surface area contributed by atoms with Crippen molar-refractivity contribution in [3.63, 3.8) is 0 Å². The highest BCUT2D eigenvalue weighted by Crippen LogP contribution is 2.18. The lowest BCUT2D eigenvalue weighted by Crippen LogP contribution is -2.18. The van der Waals surface area contributed by atoms with Crippen LogP contribution in [0.2, 0.25) is 0 Å². The molecule has 0 spiro atoms. The van der Waals surface area contributed by atoms with Crippen molar-refractivity contribution in [3.8, 4) is 17.3 Å². The van der Waals surface area contributed by atoms with E-state index in [-0.39, 0.29) is 12.4 Å². The smallest absolute Gasteiger partial charge is 0.151 e. The van der Waals surface area contributed by atoms with Crippen molar-refractivity contribution >= 4 is 5.82 Å². The highest BCUT2D eigenvalue weighted by molar-refractivity contribution is 5.59. The summed E-state index contributed by atoms with van der Waals surface area (Å²) in [5.41, 5.74) is 1.28. The number of anilines is 1. The molecule has 0 N–H and O–H groups in total. The van der Waals surface area contributed by atoms with Crippen molar-refractivity contribution in [1.29, 1.82) is 5.26 Å². The fourth-order valence-corrected chi connectivity index (χ4v) is 1.52. The van der Waals surface area contributed by atoms with Crippen LogP contribution in [0.4, 0.5) is 10.2 Å².